The fourth-order valence-corrected chi connectivity index (χ4v) is 0.945. The molecular formula is C10H18N4O2. The van der Waals surface area contributed by atoms with Gasteiger partial charge in [-0.2, -0.15) is 0 Å². The largest absolute Gasteiger partial charge is 0.383 e. The van der Waals surface area contributed by atoms with E-state index >= 15 is 0 Å². The van der Waals surface area contributed by atoms with Gasteiger partial charge in [-0.05, 0) is 11.6 Å². The van der Waals surface area contributed by atoms with E-state index in [0.29, 0.717) is 6.54 Å². The minimum Gasteiger partial charge on any atom is -0.383 e. The number of nitrogens with two attached hydrogens (primary N) is 1. The maximum absolute atomic E-state index is 11.4. The first kappa shape index (κ1) is 14.2. The number of hydrogen-bond donors (Lipinski definition) is 3. The van der Waals surface area contributed by atoms with Crippen LogP contribution in [0.4, 0.5) is 0 Å². The first-order chi connectivity index (χ1) is 7.67. The molecule has 0 aromatic carbocycles. The third-order valence-electron chi connectivity index (χ3n) is 1.81. The lowest BCUT2D eigenvalue weighted by atomic mass is 10.3. The molecule has 6 heteroatoms. The van der Waals surface area contributed by atoms with Crippen molar-refractivity contribution in [1.82, 2.24) is 10.6 Å². The second-order valence-corrected chi connectivity index (χ2v) is 3.13. The lowest BCUT2D eigenvalue weighted by Crippen LogP contribution is -2.31. The number of carbonyl (C=O) groups excluding carboxylic acids is 1. The Bertz CT molecular complexity index is 287. The second kappa shape index (κ2) is 8.46. The SMILES string of the molecule is C=CCNC(=O)/C(N=O)=C(/N)NCCCC. The van der Waals surface area contributed by atoms with E-state index in [9.17, 15) is 9.70 Å². The highest BCUT2D eigenvalue weighted by Crippen LogP contribution is 1.99. The zero-order valence-electron chi connectivity index (χ0n) is 9.45. The molecular weight excluding hydrogens is 208 g/mol. The monoisotopic (exact) mass is 226 g/mol. The molecule has 0 atom stereocenters. The molecule has 0 bridgehead atoms. The molecule has 0 unspecified atom stereocenters. The maximum atomic E-state index is 11.4. The number of nitrogens with one attached hydrogen (secondary N) is 2. The molecule has 6 nitrogen and oxygen atoms in total. The maximum Gasteiger partial charge on any atom is 0.277 e. The van der Waals surface area contributed by atoms with Gasteiger partial charge in [-0.25, -0.2) is 0 Å². The summed E-state index contributed by atoms with van der Waals surface area (Å²) in [6.45, 7) is 6.33. The number of nitrogens with zero attached hydrogens (tertiary/aromatic N) is 1. The summed E-state index contributed by atoms with van der Waals surface area (Å²) in [5.41, 5.74) is 5.21. The van der Waals surface area contributed by atoms with Crippen LogP contribution < -0.4 is 16.4 Å². The fourth-order valence-electron chi connectivity index (χ4n) is 0.945. The zero-order chi connectivity index (χ0) is 12.4. The summed E-state index contributed by atoms with van der Waals surface area (Å²) in [5, 5.41) is 7.81. The number of carbonyl (C=O) groups is 1. The van der Waals surface area contributed by atoms with Gasteiger partial charge in [0.25, 0.3) is 5.91 Å². The van der Waals surface area contributed by atoms with Crippen LogP contribution in [0.3, 0.4) is 0 Å². The van der Waals surface area contributed by atoms with Crippen molar-refractivity contribution in [2.75, 3.05) is 13.1 Å². The number of unbranched alkanes of at least 4 members (excludes halogenated alkanes) is 1. The average molecular weight is 226 g/mol. The van der Waals surface area contributed by atoms with Gasteiger partial charge in [-0.3, -0.25) is 4.79 Å². The standard InChI is InChI=1S/C10H18N4O2/c1-3-5-7-12-9(11)8(14-16)10(15)13-6-4-2/h4,12H,2-3,5-7,11H2,1H3,(H,13,15)/b9-8+. The Labute approximate surface area is 94.9 Å². The molecule has 0 aliphatic carbocycles. The molecule has 16 heavy (non-hydrogen) atoms. The Morgan fingerprint density at radius 2 is 2.19 bits per heavy atom. The lowest BCUT2D eigenvalue weighted by Gasteiger charge is -2.07. The van der Waals surface area contributed by atoms with Gasteiger partial charge in [-0.1, -0.05) is 19.4 Å². The van der Waals surface area contributed by atoms with Gasteiger partial charge in [0.15, 0.2) is 0 Å². The van der Waals surface area contributed by atoms with Crippen LogP contribution in [0.25, 0.3) is 0 Å². The van der Waals surface area contributed by atoms with E-state index in [1.807, 2.05) is 6.92 Å². The highest BCUT2D eigenvalue weighted by atomic mass is 16.3. The summed E-state index contributed by atoms with van der Waals surface area (Å²) in [5.74, 6) is -0.596. The van der Waals surface area contributed by atoms with Gasteiger partial charge < -0.3 is 16.4 Å². The molecule has 0 heterocycles. The van der Waals surface area contributed by atoms with Crippen LogP contribution in [0.2, 0.25) is 0 Å². The van der Waals surface area contributed by atoms with Crippen molar-refractivity contribution >= 4 is 5.91 Å². The Morgan fingerprint density at radius 3 is 2.69 bits per heavy atom. The molecule has 0 radical (unpaired) electrons. The van der Waals surface area contributed by atoms with Gasteiger partial charge in [0.1, 0.15) is 5.82 Å². The Kier molecular flexibility index (Phi) is 7.48. The Balaban J connectivity index is 4.41. The van der Waals surface area contributed by atoms with E-state index in [1.165, 1.54) is 6.08 Å². The summed E-state index contributed by atoms with van der Waals surface area (Å²) >= 11 is 0. The van der Waals surface area contributed by atoms with Crippen LogP contribution in [-0.4, -0.2) is 19.0 Å². The predicted molar refractivity (Wildman–Crippen MR) is 63.1 cm³/mol. The normalized spacial score (nSPS) is 11.3. The molecule has 0 aliphatic heterocycles. The fraction of sp³-hybridized carbons (Fsp3) is 0.500. The van der Waals surface area contributed by atoms with E-state index in [2.05, 4.69) is 22.4 Å². The lowest BCUT2D eigenvalue weighted by molar-refractivity contribution is -0.117. The minimum absolute atomic E-state index is 0.00464. The van der Waals surface area contributed by atoms with Gasteiger partial charge in [0, 0.05) is 13.1 Å². The minimum atomic E-state index is -0.601. The van der Waals surface area contributed by atoms with Crippen LogP contribution in [0.1, 0.15) is 19.8 Å². The van der Waals surface area contributed by atoms with Crippen molar-refractivity contribution in [3.63, 3.8) is 0 Å². The number of nitroso groups, excluding NO2 is 1. The number of hydrogen-bond acceptors (Lipinski definition) is 5. The third kappa shape index (κ3) is 5.14. The van der Waals surface area contributed by atoms with Crippen molar-refractivity contribution in [2.45, 2.75) is 19.8 Å². The molecule has 0 aromatic rings. The summed E-state index contributed by atoms with van der Waals surface area (Å²) in [6.07, 6.45) is 3.40. The van der Waals surface area contributed by atoms with E-state index in [0.717, 1.165) is 12.8 Å². The zero-order valence-corrected chi connectivity index (χ0v) is 9.45. The number of rotatable bonds is 8. The van der Waals surface area contributed by atoms with Crippen molar-refractivity contribution in [2.24, 2.45) is 10.9 Å². The highest BCUT2D eigenvalue weighted by Gasteiger charge is 2.13. The van der Waals surface area contributed by atoms with Crippen LogP contribution in [0.15, 0.2) is 29.3 Å². The second-order valence-electron chi connectivity index (χ2n) is 3.13. The molecule has 0 saturated carbocycles. The van der Waals surface area contributed by atoms with Gasteiger partial charge in [0.2, 0.25) is 5.70 Å². The first-order valence-electron chi connectivity index (χ1n) is 5.13. The van der Waals surface area contributed by atoms with Crippen molar-refractivity contribution in [3.05, 3.63) is 29.1 Å². The predicted octanol–water partition coefficient (Wildman–Crippen LogP) is 0.572. The van der Waals surface area contributed by atoms with E-state index < -0.39 is 5.91 Å². The number of amides is 1. The highest BCUT2D eigenvalue weighted by molar-refractivity contribution is 5.93. The van der Waals surface area contributed by atoms with E-state index in [1.54, 1.807) is 0 Å². The molecule has 1 amide bonds. The summed E-state index contributed by atoms with van der Waals surface area (Å²) < 4.78 is 0. The Morgan fingerprint density at radius 1 is 1.50 bits per heavy atom. The van der Waals surface area contributed by atoms with Gasteiger partial charge in [-0.15, -0.1) is 11.5 Å². The van der Waals surface area contributed by atoms with Crippen LogP contribution >= 0.6 is 0 Å². The molecule has 90 valence electrons. The smallest absolute Gasteiger partial charge is 0.277 e. The van der Waals surface area contributed by atoms with Gasteiger partial charge in [0.05, 0.1) is 0 Å². The topological polar surface area (TPSA) is 96.6 Å². The molecule has 0 aromatic heterocycles. The molecule has 0 fully saturated rings. The third-order valence-corrected chi connectivity index (χ3v) is 1.81. The first-order valence-corrected chi connectivity index (χ1v) is 5.13. The van der Waals surface area contributed by atoms with Crippen LogP contribution in [0, 0.1) is 4.91 Å². The quantitative estimate of drug-likeness (QED) is 0.244. The summed E-state index contributed by atoms with van der Waals surface area (Å²) in [4.78, 5) is 21.8. The molecule has 4 N–H and O–H groups in total. The summed E-state index contributed by atoms with van der Waals surface area (Å²) in [6, 6.07) is 0. The van der Waals surface area contributed by atoms with Gasteiger partial charge >= 0.3 is 0 Å². The Hall–Kier alpha value is -1.85. The summed E-state index contributed by atoms with van der Waals surface area (Å²) in [7, 11) is 0. The average Bonchev–Trinajstić information content (AvgIpc) is 2.27. The van der Waals surface area contributed by atoms with E-state index in [-0.39, 0.29) is 18.1 Å². The molecule has 0 saturated heterocycles. The van der Waals surface area contributed by atoms with E-state index in [4.69, 9.17) is 5.73 Å². The van der Waals surface area contributed by atoms with Crippen molar-refractivity contribution in [3.8, 4) is 0 Å². The molecule has 0 aliphatic rings. The van der Waals surface area contributed by atoms with Crippen molar-refractivity contribution < 1.29 is 4.79 Å². The van der Waals surface area contributed by atoms with Crippen molar-refractivity contribution in [1.29, 1.82) is 0 Å². The molecule has 0 spiro atoms. The van der Waals surface area contributed by atoms with Crippen LogP contribution in [0.5, 0.6) is 0 Å². The molecule has 0 rings (SSSR count). The van der Waals surface area contributed by atoms with Crippen LogP contribution in [-0.2, 0) is 4.79 Å².